The Morgan fingerprint density at radius 3 is 1.79 bits per heavy atom. The summed E-state index contributed by atoms with van der Waals surface area (Å²) in [5, 5.41) is 7.10. The summed E-state index contributed by atoms with van der Waals surface area (Å²) in [6.45, 7) is 0. The van der Waals surface area contributed by atoms with Gasteiger partial charge in [-0.15, -0.1) is 0 Å². The summed E-state index contributed by atoms with van der Waals surface area (Å²) < 4.78 is 6.76. The minimum atomic E-state index is 0.893. The van der Waals surface area contributed by atoms with E-state index in [1.165, 1.54) is 43.8 Å². The highest BCUT2D eigenvalue weighted by Crippen LogP contribution is 2.45. The van der Waals surface area contributed by atoms with Gasteiger partial charge in [-0.3, -0.25) is 0 Å². The van der Waals surface area contributed by atoms with Crippen molar-refractivity contribution in [1.29, 1.82) is 0 Å². The third-order valence-corrected chi connectivity index (χ3v) is 10.2. The van der Waals surface area contributed by atoms with Crippen LogP contribution in [-0.2, 0) is 0 Å². The number of hydrogen-bond acceptors (Lipinski definition) is 2. The van der Waals surface area contributed by atoms with Crippen molar-refractivity contribution < 1.29 is 4.42 Å². The molecule has 0 aliphatic rings. The van der Waals surface area contributed by atoms with E-state index in [0.29, 0.717) is 0 Å². The summed E-state index contributed by atoms with van der Waals surface area (Å²) in [6.07, 6.45) is 0. The highest BCUT2D eigenvalue weighted by molar-refractivity contribution is 6.14. The molecule has 0 radical (unpaired) electrons. The Hall–Kier alpha value is -6.90. The van der Waals surface area contributed by atoms with Crippen molar-refractivity contribution in [2.75, 3.05) is 4.90 Å². The van der Waals surface area contributed by atoms with Crippen molar-refractivity contribution in [2.45, 2.75) is 0 Å². The topological polar surface area (TPSA) is 16.4 Å². The first-order valence-electron chi connectivity index (χ1n) is 17.8. The minimum Gasteiger partial charge on any atom is -0.455 e. The van der Waals surface area contributed by atoms with Gasteiger partial charge in [0.15, 0.2) is 0 Å². The summed E-state index contributed by atoms with van der Waals surface area (Å²) in [5.41, 5.74) is 11.9. The quantitative estimate of drug-likeness (QED) is 0.176. The van der Waals surface area contributed by atoms with Crippen LogP contribution in [0, 0.1) is 0 Å². The minimum absolute atomic E-state index is 0.893. The molecular formula is C50H33NO. The molecule has 0 bridgehead atoms. The fourth-order valence-electron chi connectivity index (χ4n) is 7.74. The summed E-state index contributed by atoms with van der Waals surface area (Å²) in [5.74, 6) is 0. The highest BCUT2D eigenvalue weighted by atomic mass is 16.3. The summed E-state index contributed by atoms with van der Waals surface area (Å²) in [6, 6.07) is 71.7. The number of para-hydroxylation sites is 2. The van der Waals surface area contributed by atoms with Crippen LogP contribution in [0.3, 0.4) is 0 Å². The smallest absolute Gasteiger partial charge is 0.143 e. The lowest BCUT2D eigenvalue weighted by Gasteiger charge is -2.28. The predicted molar refractivity (Wildman–Crippen MR) is 220 cm³/mol. The molecule has 9 aromatic carbocycles. The van der Waals surface area contributed by atoms with Gasteiger partial charge in [-0.1, -0.05) is 158 Å². The maximum atomic E-state index is 6.76. The SMILES string of the molecule is c1ccc(-c2ccc(N(c3cccc(-c4cccc5ccccc45)c3)c3ccccc3-c3cccc4c3oc3cc5ccccc5cc34)cc2)cc1. The van der Waals surface area contributed by atoms with Crippen molar-refractivity contribution in [3.05, 3.63) is 200 Å². The molecular weight excluding hydrogens is 631 g/mol. The molecule has 0 aliphatic carbocycles. The van der Waals surface area contributed by atoms with E-state index in [1.54, 1.807) is 0 Å². The van der Waals surface area contributed by atoms with Crippen LogP contribution in [0.1, 0.15) is 0 Å². The summed E-state index contributed by atoms with van der Waals surface area (Å²) in [7, 11) is 0. The molecule has 0 spiro atoms. The summed E-state index contributed by atoms with van der Waals surface area (Å²) >= 11 is 0. The number of benzene rings is 9. The Kier molecular flexibility index (Phi) is 7.18. The van der Waals surface area contributed by atoms with E-state index in [1.807, 2.05) is 0 Å². The van der Waals surface area contributed by atoms with Gasteiger partial charge in [-0.2, -0.15) is 0 Å². The third-order valence-electron chi connectivity index (χ3n) is 10.2. The number of fused-ring (bicyclic) bond motifs is 5. The molecule has 52 heavy (non-hydrogen) atoms. The number of rotatable bonds is 6. The fourth-order valence-corrected chi connectivity index (χ4v) is 7.74. The fraction of sp³-hybridized carbons (Fsp3) is 0. The summed E-state index contributed by atoms with van der Waals surface area (Å²) in [4.78, 5) is 2.38. The first kappa shape index (κ1) is 30.0. The first-order chi connectivity index (χ1) is 25.8. The van der Waals surface area contributed by atoms with Crippen molar-refractivity contribution in [2.24, 2.45) is 0 Å². The Labute approximate surface area is 302 Å². The Bertz CT molecular complexity index is 2900. The molecule has 2 heteroatoms. The Balaban J connectivity index is 1.18. The highest BCUT2D eigenvalue weighted by Gasteiger charge is 2.21. The zero-order valence-electron chi connectivity index (χ0n) is 28.4. The maximum absolute atomic E-state index is 6.76. The Morgan fingerprint density at radius 2 is 0.923 bits per heavy atom. The predicted octanol–water partition coefficient (Wildman–Crippen LogP) is 14.4. The van der Waals surface area contributed by atoms with Gasteiger partial charge in [-0.05, 0) is 86.3 Å². The standard InChI is InChI=1S/C50H33NO/c1-2-13-34(14-3-1)35-27-29-40(30-28-35)51(41-20-10-19-39(31-41)43-23-11-18-36-15-6-7-21-42(36)43)48-26-9-8-22-44(48)45-24-12-25-46-47-32-37-16-4-5-17-38(37)33-49(47)52-50(45)46/h1-33H. The lowest BCUT2D eigenvalue weighted by atomic mass is 9.96. The van der Waals surface area contributed by atoms with E-state index in [4.69, 9.17) is 4.42 Å². The van der Waals surface area contributed by atoms with Gasteiger partial charge < -0.3 is 9.32 Å². The van der Waals surface area contributed by atoms with Gasteiger partial charge in [0.2, 0.25) is 0 Å². The first-order valence-corrected chi connectivity index (χ1v) is 17.8. The van der Waals surface area contributed by atoms with E-state index < -0.39 is 0 Å². The second kappa shape index (κ2) is 12.5. The van der Waals surface area contributed by atoms with E-state index in [2.05, 4.69) is 205 Å². The van der Waals surface area contributed by atoms with Crippen LogP contribution in [-0.4, -0.2) is 0 Å². The van der Waals surface area contributed by atoms with Gasteiger partial charge in [0.05, 0.1) is 5.69 Å². The molecule has 1 aromatic heterocycles. The van der Waals surface area contributed by atoms with E-state index in [9.17, 15) is 0 Å². The second-order valence-electron chi connectivity index (χ2n) is 13.3. The van der Waals surface area contributed by atoms with Crippen LogP contribution in [0.25, 0.3) is 76.9 Å². The third kappa shape index (κ3) is 5.12. The normalized spacial score (nSPS) is 11.5. The van der Waals surface area contributed by atoms with Crippen LogP contribution in [0.15, 0.2) is 205 Å². The molecule has 0 N–H and O–H groups in total. The van der Waals surface area contributed by atoms with Crippen LogP contribution >= 0.6 is 0 Å². The van der Waals surface area contributed by atoms with E-state index >= 15 is 0 Å². The average Bonchev–Trinajstić information content (AvgIpc) is 3.58. The van der Waals surface area contributed by atoms with Crippen LogP contribution in [0.2, 0.25) is 0 Å². The molecule has 0 aliphatic heterocycles. The number of nitrogens with zero attached hydrogens (tertiary/aromatic N) is 1. The molecule has 0 atom stereocenters. The van der Waals surface area contributed by atoms with Crippen LogP contribution in [0.4, 0.5) is 17.1 Å². The van der Waals surface area contributed by atoms with Crippen molar-refractivity contribution in [1.82, 2.24) is 0 Å². The lowest BCUT2D eigenvalue weighted by molar-refractivity contribution is 0.670. The van der Waals surface area contributed by atoms with E-state index in [0.717, 1.165) is 50.1 Å². The van der Waals surface area contributed by atoms with Gasteiger partial charge in [0.25, 0.3) is 0 Å². The largest absolute Gasteiger partial charge is 0.455 e. The van der Waals surface area contributed by atoms with Gasteiger partial charge >= 0.3 is 0 Å². The molecule has 244 valence electrons. The molecule has 10 aromatic rings. The zero-order valence-corrected chi connectivity index (χ0v) is 28.4. The molecule has 0 saturated carbocycles. The van der Waals surface area contributed by atoms with Gasteiger partial charge in [-0.25, -0.2) is 0 Å². The number of anilines is 3. The Morgan fingerprint density at radius 1 is 0.327 bits per heavy atom. The maximum Gasteiger partial charge on any atom is 0.143 e. The van der Waals surface area contributed by atoms with Crippen molar-refractivity contribution in [3.8, 4) is 33.4 Å². The van der Waals surface area contributed by atoms with Crippen LogP contribution < -0.4 is 4.90 Å². The van der Waals surface area contributed by atoms with Crippen molar-refractivity contribution in [3.63, 3.8) is 0 Å². The molecule has 10 rings (SSSR count). The van der Waals surface area contributed by atoms with E-state index in [-0.39, 0.29) is 0 Å². The number of furan rings is 1. The molecule has 1 heterocycles. The van der Waals surface area contributed by atoms with Gasteiger partial charge in [0.1, 0.15) is 11.2 Å². The van der Waals surface area contributed by atoms with Crippen LogP contribution in [0.5, 0.6) is 0 Å². The van der Waals surface area contributed by atoms with Crippen molar-refractivity contribution >= 4 is 60.5 Å². The second-order valence-corrected chi connectivity index (χ2v) is 13.3. The molecule has 0 unspecified atom stereocenters. The monoisotopic (exact) mass is 663 g/mol. The van der Waals surface area contributed by atoms with Gasteiger partial charge in [0, 0.05) is 33.3 Å². The molecule has 0 amide bonds. The number of hydrogen-bond donors (Lipinski definition) is 0. The molecule has 0 fully saturated rings. The molecule has 0 saturated heterocycles. The lowest BCUT2D eigenvalue weighted by Crippen LogP contribution is -2.11. The zero-order chi connectivity index (χ0) is 34.4. The molecule has 2 nitrogen and oxygen atoms in total. The average molecular weight is 664 g/mol.